The summed E-state index contributed by atoms with van der Waals surface area (Å²) in [7, 11) is 0. The smallest absolute Gasteiger partial charge is 0.178 e. The van der Waals surface area contributed by atoms with Crippen molar-refractivity contribution >= 4 is 57.2 Å². The quantitative estimate of drug-likeness (QED) is 0.530. The van der Waals surface area contributed by atoms with Crippen molar-refractivity contribution in [3.63, 3.8) is 0 Å². The second-order valence-electron chi connectivity index (χ2n) is 4.04. The summed E-state index contributed by atoms with van der Waals surface area (Å²) in [4.78, 5) is 8.79. The lowest BCUT2D eigenvalue weighted by Gasteiger charge is -2.03. The highest BCUT2D eigenvalue weighted by Gasteiger charge is 2.08. The highest BCUT2D eigenvalue weighted by atomic mass is 127. The Balaban J connectivity index is 2.15. The Kier molecular flexibility index (Phi) is 3.25. The zero-order valence-corrected chi connectivity index (χ0v) is 13.4. The van der Waals surface area contributed by atoms with Gasteiger partial charge in [0.25, 0.3) is 0 Å². The number of aromatic amines is 1. The van der Waals surface area contributed by atoms with E-state index in [1.54, 1.807) is 11.3 Å². The Morgan fingerprint density at radius 3 is 3.06 bits per heavy atom. The second-order valence-corrected chi connectivity index (χ2v) is 6.61. The first-order valence-corrected chi connectivity index (χ1v) is 7.79. The molecule has 0 bridgehead atoms. The van der Waals surface area contributed by atoms with Crippen LogP contribution in [0.2, 0.25) is 0 Å². The van der Waals surface area contributed by atoms with E-state index in [4.69, 9.17) is 12.2 Å². The molecule has 0 amide bonds. The molecule has 1 aromatic carbocycles. The van der Waals surface area contributed by atoms with E-state index in [9.17, 15) is 0 Å². The van der Waals surface area contributed by atoms with Crippen LogP contribution in [0.5, 0.6) is 0 Å². The van der Waals surface area contributed by atoms with Crippen LogP contribution >= 0.6 is 46.1 Å². The van der Waals surface area contributed by atoms with Crippen molar-refractivity contribution in [1.82, 2.24) is 14.5 Å². The molecule has 6 heteroatoms. The van der Waals surface area contributed by atoms with Gasteiger partial charge in [0.15, 0.2) is 4.77 Å². The van der Waals surface area contributed by atoms with Crippen LogP contribution in [0.4, 0.5) is 0 Å². The molecule has 3 rings (SSSR count). The highest BCUT2D eigenvalue weighted by Crippen LogP contribution is 2.21. The van der Waals surface area contributed by atoms with Gasteiger partial charge >= 0.3 is 0 Å². The molecule has 0 aliphatic heterocycles. The number of fused-ring (bicyclic) bond motifs is 1. The van der Waals surface area contributed by atoms with Gasteiger partial charge in [-0.1, -0.05) is 0 Å². The number of imidazole rings is 1. The van der Waals surface area contributed by atoms with Crippen LogP contribution in [-0.4, -0.2) is 14.5 Å². The van der Waals surface area contributed by atoms with E-state index < -0.39 is 0 Å². The van der Waals surface area contributed by atoms with Crippen molar-refractivity contribution < 1.29 is 0 Å². The van der Waals surface area contributed by atoms with Crippen LogP contribution in [0.15, 0.2) is 23.7 Å². The van der Waals surface area contributed by atoms with Crippen LogP contribution in [0, 0.1) is 15.3 Å². The first kappa shape index (κ1) is 12.3. The average Bonchev–Trinajstić information content (AvgIpc) is 2.85. The molecule has 2 aromatic heterocycles. The molecule has 3 nitrogen and oxygen atoms in total. The summed E-state index contributed by atoms with van der Waals surface area (Å²) in [5, 5.41) is 0. The molecule has 18 heavy (non-hydrogen) atoms. The molecule has 1 N–H and O–H groups in total. The lowest BCUT2D eigenvalue weighted by molar-refractivity contribution is 0.815. The number of hydrogen-bond acceptors (Lipinski definition) is 3. The number of aryl methyl sites for hydroxylation is 1. The summed E-state index contributed by atoms with van der Waals surface area (Å²) in [6.45, 7) is 2.82. The van der Waals surface area contributed by atoms with E-state index in [2.05, 4.69) is 55.3 Å². The van der Waals surface area contributed by atoms with E-state index in [0.717, 1.165) is 28.0 Å². The predicted octanol–water partition coefficient (Wildman–Crippen LogP) is 4.12. The lowest BCUT2D eigenvalue weighted by Crippen LogP contribution is -1.99. The van der Waals surface area contributed by atoms with Gasteiger partial charge in [0.1, 0.15) is 0 Å². The number of benzene rings is 1. The van der Waals surface area contributed by atoms with Gasteiger partial charge in [-0.15, -0.1) is 11.3 Å². The van der Waals surface area contributed by atoms with Gasteiger partial charge in [0.05, 0.1) is 28.8 Å². The van der Waals surface area contributed by atoms with Crippen molar-refractivity contribution in [2.45, 2.75) is 13.5 Å². The maximum Gasteiger partial charge on any atom is 0.178 e. The number of hydrogen-bond donors (Lipinski definition) is 1. The first-order chi connectivity index (χ1) is 8.65. The minimum Gasteiger partial charge on any atom is -0.331 e. The molecule has 0 aliphatic rings. The first-order valence-electron chi connectivity index (χ1n) is 5.42. The van der Waals surface area contributed by atoms with E-state index in [-0.39, 0.29) is 0 Å². The molecule has 0 spiro atoms. The molecule has 2 heterocycles. The van der Waals surface area contributed by atoms with Gasteiger partial charge in [-0.25, -0.2) is 4.98 Å². The number of nitrogens with one attached hydrogen (secondary N) is 1. The van der Waals surface area contributed by atoms with Crippen LogP contribution < -0.4 is 0 Å². The molecule has 0 fully saturated rings. The molecule has 92 valence electrons. The van der Waals surface area contributed by atoms with Gasteiger partial charge in [-0.05, 0) is 59.9 Å². The van der Waals surface area contributed by atoms with Gasteiger partial charge in [0.2, 0.25) is 0 Å². The number of nitrogens with zero attached hydrogens (tertiary/aromatic N) is 2. The number of H-pyrrole nitrogens is 1. The Morgan fingerprint density at radius 2 is 2.33 bits per heavy atom. The maximum atomic E-state index is 5.40. The fourth-order valence-corrected chi connectivity index (χ4v) is 3.44. The van der Waals surface area contributed by atoms with Gasteiger partial charge in [0, 0.05) is 8.45 Å². The van der Waals surface area contributed by atoms with Crippen molar-refractivity contribution in [2.75, 3.05) is 0 Å². The summed E-state index contributed by atoms with van der Waals surface area (Å²) in [5.74, 6) is 0. The van der Waals surface area contributed by atoms with Crippen LogP contribution in [0.1, 0.15) is 10.6 Å². The van der Waals surface area contributed by atoms with Crippen molar-refractivity contribution in [3.05, 3.63) is 42.6 Å². The van der Waals surface area contributed by atoms with Crippen LogP contribution in [-0.2, 0) is 6.54 Å². The third-order valence-electron chi connectivity index (χ3n) is 2.88. The maximum absolute atomic E-state index is 5.40. The Morgan fingerprint density at radius 1 is 1.50 bits per heavy atom. The number of thiazole rings is 1. The van der Waals surface area contributed by atoms with E-state index >= 15 is 0 Å². The Labute approximate surface area is 127 Å². The van der Waals surface area contributed by atoms with E-state index in [1.807, 2.05) is 12.4 Å². The Hall–Kier alpha value is -0.730. The van der Waals surface area contributed by atoms with Crippen molar-refractivity contribution in [1.29, 1.82) is 0 Å². The molecule has 3 aromatic rings. The second kappa shape index (κ2) is 4.75. The average molecular weight is 387 g/mol. The third kappa shape index (κ3) is 2.12. The van der Waals surface area contributed by atoms with Gasteiger partial charge in [-0.3, -0.25) is 0 Å². The normalized spacial score (nSPS) is 11.2. The fraction of sp³-hybridized carbons (Fsp3) is 0.167. The molecule has 0 aliphatic carbocycles. The monoisotopic (exact) mass is 387 g/mol. The number of rotatable bonds is 2. The molecule has 0 saturated heterocycles. The van der Waals surface area contributed by atoms with Crippen LogP contribution in [0.25, 0.3) is 11.0 Å². The molecule has 0 unspecified atom stereocenters. The highest BCUT2D eigenvalue weighted by molar-refractivity contribution is 14.1. The molecular formula is C12H10IN3S2. The minimum absolute atomic E-state index is 0.764. The molecular weight excluding hydrogens is 377 g/mol. The summed E-state index contributed by atoms with van der Waals surface area (Å²) in [6.07, 6.45) is 0. The van der Waals surface area contributed by atoms with Crippen LogP contribution in [0.3, 0.4) is 0 Å². The third-order valence-corrected chi connectivity index (χ3v) is 4.80. The molecule has 0 atom stereocenters. The molecule has 0 saturated carbocycles. The SMILES string of the molecule is Cc1ncsc1Cn1c(=S)[nH]c2cc(I)ccc21. The van der Waals surface area contributed by atoms with Gasteiger partial charge in [-0.2, -0.15) is 0 Å². The van der Waals surface area contributed by atoms with Gasteiger partial charge < -0.3 is 9.55 Å². The lowest BCUT2D eigenvalue weighted by atomic mass is 10.3. The fourth-order valence-electron chi connectivity index (χ4n) is 1.91. The topological polar surface area (TPSA) is 33.6 Å². The largest absolute Gasteiger partial charge is 0.331 e. The van der Waals surface area contributed by atoms with Crippen molar-refractivity contribution in [3.8, 4) is 0 Å². The van der Waals surface area contributed by atoms with Crippen molar-refractivity contribution in [2.24, 2.45) is 0 Å². The zero-order valence-electron chi connectivity index (χ0n) is 9.61. The number of aromatic nitrogens is 3. The standard InChI is InChI=1S/C12H10IN3S2/c1-7-11(18-6-14-7)5-16-10-3-2-8(13)4-9(10)15-12(16)17/h2-4,6H,5H2,1H3,(H,15,17). The summed E-state index contributed by atoms with van der Waals surface area (Å²) < 4.78 is 4.10. The summed E-state index contributed by atoms with van der Waals surface area (Å²) in [5.41, 5.74) is 5.20. The summed E-state index contributed by atoms with van der Waals surface area (Å²) >= 11 is 9.38. The van der Waals surface area contributed by atoms with E-state index in [1.165, 1.54) is 8.45 Å². The van der Waals surface area contributed by atoms with E-state index in [0.29, 0.717) is 0 Å². The minimum atomic E-state index is 0.764. The zero-order chi connectivity index (χ0) is 12.7. The summed E-state index contributed by atoms with van der Waals surface area (Å²) in [6, 6.07) is 6.32. The Bertz CT molecular complexity index is 769. The predicted molar refractivity (Wildman–Crippen MR) is 85.8 cm³/mol. The molecule has 0 radical (unpaired) electrons. The number of halogens is 1.